The zero-order valence-electron chi connectivity index (χ0n) is 9.49. The number of hydrogen-bond acceptors (Lipinski definition) is 7. The fraction of sp³-hybridized carbons (Fsp3) is 0.100. The van der Waals surface area contributed by atoms with Crippen molar-refractivity contribution in [1.29, 1.82) is 0 Å². The number of nitrogens with two attached hydrogens (primary N) is 1. The minimum Gasteiger partial charge on any atom is -0.497 e. The number of oxime groups is 1. The van der Waals surface area contributed by atoms with E-state index in [0.717, 1.165) is 0 Å². The van der Waals surface area contributed by atoms with E-state index in [2.05, 4.69) is 25.4 Å². The van der Waals surface area contributed by atoms with E-state index in [-0.39, 0.29) is 17.3 Å². The van der Waals surface area contributed by atoms with Crippen LogP contribution in [0.25, 0.3) is 0 Å². The average Bonchev–Trinajstić information content (AvgIpc) is 2.83. The van der Waals surface area contributed by atoms with Crippen molar-refractivity contribution >= 4 is 17.3 Å². The summed E-state index contributed by atoms with van der Waals surface area (Å²) in [6, 6.07) is 6.99. The van der Waals surface area contributed by atoms with Crippen molar-refractivity contribution in [2.75, 3.05) is 18.2 Å². The van der Waals surface area contributed by atoms with Gasteiger partial charge in [-0.05, 0) is 34.6 Å². The lowest BCUT2D eigenvalue weighted by Gasteiger charge is -2.06. The lowest BCUT2D eigenvalue weighted by atomic mass is 10.3. The number of nitrogen functional groups attached to an aromatic ring is 1. The smallest absolute Gasteiger partial charge is 0.203 e. The van der Waals surface area contributed by atoms with Gasteiger partial charge < -0.3 is 21.0 Å². The van der Waals surface area contributed by atoms with Gasteiger partial charge in [0, 0.05) is 5.69 Å². The number of benzene rings is 1. The van der Waals surface area contributed by atoms with Crippen molar-refractivity contribution in [3.63, 3.8) is 0 Å². The van der Waals surface area contributed by atoms with Crippen LogP contribution in [0, 0.1) is 0 Å². The molecule has 94 valence electrons. The van der Waals surface area contributed by atoms with Crippen molar-refractivity contribution < 1.29 is 14.6 Å². The third-order valence-corrected chi connectivity index (χ3v) is 2.19. The Hall–Kier alpha value is -2.77. The van der Waals surface area contributed by atoms with Crippen molar-refractivity contribution in [1.82, 2.24) is 10.3 Å². The molecule has 0 aliphatic carbocycles. The molecule has 1 aromatic carbocycles. The summed E-state index contributed by atoms with van der Waals surface area (Å²) in [7, 11) is 1.57. The summed E-state index contributed by atoms with van der Waals surface area (Å²) in [4.78, 5) is 0. The number of ether oxygens (including phenoxy) is 1. The topological polar surface area (TPSA) is 119 Å². The predicted octanol–water partition coefficient (Wildman–Crippen LogP) is 0.908. The molecule has 0 radical (unpaired) electrons. The highest BCUT2D eigenvalue weighted by Gasteiger charge is 2.14. The summed E-state index contributed by atoms with van der Waals surface area (Å²) >= 11 is 0. The molecule has 4 N–H and O–H groups in total. The second kappa shape index (κ2) is 5.04. The van der Waals surface area contributed by atoms with Crippen LogP contribution in [-0.4, -0.2) is 28.5 Å². The Balaban J connectivity index is 2.19. The molecule has 18 heavy (non-hydrogen) atoms. The van der Waals surface area contributed by atoms with Gasteiger partial charge in [-0.3, -0.25) is 0 Å². The van der Waals surface area contributed by atoms with Crippen LogP contribution >= 0.6 is 0 Å². The second-order valence-electron chi connectivity index (χ2n) is 3.30. The molecule has 0 aliphatic heterocycles. The van der Waals surface area contributed by atoms with E-state index in [1.807, 2.05) is 0 Å². The Morgan fingerprint density at radius 3 is 2.61 bits per heavy atom. The maximum absolute atomic E-state index is 8.92. The van der Waals surface area contributed by atoms with Crippen LogP contribution < -0.4 is 15.8 Å². The normalized spacial score (nSPS) is 11.3. The van der Waals surface area contributed by atoms with Crippen molar-refractivity contribution in [3.8, 4) is 5.75 Å². The highest BCUT2D eigenvalue weighted by molar-refractivity contribution is 6.08. The summed E-state index contributed by atoms with van der Waals surface area (Å²) in [5.74, 6) is 0.786. The van der Waals surface area contributed by atoms with Crippen LogP contribution in [0.4, 0.5) is 11.5 Å². The van der Waals surface area contributed by atoms with Crippen molar-refractivity contribution in [2.24, 2.45) is 5.16 Å². The lowest BCUT2D eigenvalue weighted by molar-refractivity contribution is 0.305. The third kappa shape index (κ3) is 2.32. The van der Waals surface area contributed by atoms with Gasteiger partial charge in [0.2, 0.25) is 5.84 Å². The highest BCUT2D eigenvalue weighted by Crippen LogP contribution is 2.16. The number of anilines is 2. The van der Waals surface area contributed by atoms with Crippen LogP contribution in [0.1, 0.15) is 5.69 Å². The van der Waals surface area contributed by atoms with Crippen LogP contribution in [-0.2, 0) is 0 Å². The molecule has 8 nitrogen and oxygen atoms in total. The number of hydrogen-bond donors (Lipinski definition) is 3. The Morgan fingerprint density at radius 2 is 2.11 bits per heavy atom. The Labute approximate surface area is 102 Å². The molecule has 0 saturated carbocycles. The summed E-state index contributed by atoms with van der Waals surface area (Å²) < 4.78 is 9.45. The minimum atomic E-state index is 0.0313. The molecule has 0 fully saturated rings. The number of nitrogens with zero attached hydrogens (tertiary/aromatic N) is 3. The van der Waals surface area contributed by atoms with Gasteiger partial charge in [-0.25, -0.2) is 4.63 Å². The number of methoxy groups -OCH3 is 1. The molecule has 1 aromatic heterocycles. The largest absolute Gasteiger partial charge is 0.497 e. The molecule has 0 unspecified atom stereocenters. The average molecular weight is 249 g/mol. The first-order chi connectivity index (χ1) is 8.74. The van der Waals surface area contributed by atoms with Crippen LogP contribution in [0.2, 0.25) is 0 Å². The number of nitrogens with one attached hydrogen (secondary N) is 1. The van der Waals surface area contributed by atoms with Gasteiger partial charge in [0.15, 0.2) is 11.5 Å². The molecule has 0 atom stereocenters. The molecule has 0 aliphatic rings. The molecular formula is C10H11N5O3. The van der Waals surface area contributed by atoms with Gasteiger partial charge in [0.25, 0.3) is 0 Å². The fourth-order valence-electron chi connectivity index (χ4n) is 1.30. The van der Waals surface area contributed by atoms with Gasteiger partial charge in [0.1, 0.15) is 5.75 Å². The van der Waals surface area contributed by atoms with Crippen molar-refractivity contribution in [2.45, 2.75) is 0 Å². The zero-order chi connectivity index (χ0) is 13.0. The first-order valence-corrected chi connectivity index (χ1v) is 4.96. The fourth-order valence-corrected chi connectivity index (χ4v) is 1.30. The van der Waals surface area contributed by atoms with Gasteiger partial charge in [-0.1, -0.05) is 5.16 Å². The molecule has 0 saturated heterocycles. The molecule has 0 spiro atoms. The summed E-state index contributed by atoms with van der Waals surface area (Å²) in [6.45, 7) is 0. The van der Waals surface area contributed by atoms with Crippen LogP contribution in [0.3, 0.4) is 0 Å². The Kier molecular flexibility index (Phi) is 3.28. The Morgan fingerprint density at radius 1 is 1.39 bits per heavy atom. The zero-order valence-corrected chi connectivity index (χ0v) is 9.49. The first kappa shape index (κ1) is 11.7. The first-order valence-electron chi connectivity index (χ1n) is 4.96. The molecular weight excluding hydrogens is 238 g/mol. The number of aromatic nitrogens is 2. The van der Waals surface area contributed by atoms with E-state index >= 15 is 0 Å². The van der Waals surface area contributed by atoms with Crippen LogP contribution in [0.15, 0.2) is 34.1 Å². The summed E-state index contributed by atoms with van der Waals surface area (Å²) in [5.41, 5.74) is 6.30. The summed E-state index contributed by atoms with van der Waals surface area (Å²) in [6.07, 6.45) is 0. The van der Waals surface area contributed by atoms with E-state index in [1.165, 1.54) is 0 Å². The highest BCUT2D eigenvalue weighted by atomic mass is 16.6. The molecule has 8 heteroatoms. The molecule has 2 aromatic rings. The number of rotatable bonds is 3. The maximum Gasteiger partial charge on any atom is 0.203 e. The third-order valence-electron chi connectivity index (χ3n) is 2.19. The van der Waals surface area contributed by atoms with Crippen molar-refractivity contribution in [3.05, 3.63) is 30.0 Å². The Bertz CT molecular complexity index is 549. The van der Waals surface area contributed by atoms with Gasteiger partial charge >= 0.3 is 0 Å². The maximum atomic E-state index is 8.92. The molecule has 0 bridgehead atoms. The minimum absolute atomic E-state index is 0.0313. The lowest BCUT2D eigenvalue weighted by Crippen LogP contribution is -2.15. The van der Waals surface area contributed by atoms with Gasteiger partial charge in [-0.2, -0.15) is 0 Å². The van der Waals surface area contributed by atoms with Crippen LogP contribution in [0.5, 0.6) is 5.75 Å². The SMILES string of the molecule is COc1ccc(N/C(=N\O)c2nonc2N)cc1. The quantitative estimate of drug-likeness (QED) is 0.320. The summed E-state index contributed by atoms with van der Waals surface area (Å²) in [5, 5.41) is 21.7. The number of amidine groups is 1. The van der Waals surface area contributed by atoms with E-state index < -0.39 is 0 Å². The van der Waals surface area contributed by atoms with E-state index in [9.17, 15) is 0 Å². The molecule has 1 heterocycles. The van der Waals surface area contributed by atoms with Gasteiger partial charge in [0.05, 0.1) is 7.11 Å². The standard InChI is InChI=1S/C10H11N5O3/c1-17-7-4-2-6(3-5-7)12-10(13-16)8-9(11)15-18-14-8/h2-5,16H,1H3,(H2,11,15)(H,12,13). The monoisotopic (exact) mass is 249 g/mol. The van der Waals surface area contributed by atoms with E-state index in [1.54, 1.807) is 31.4 Å². The van der Waals surface area contributed by atoms with Gasteiger partial charge in [-0.15, -0.1) is 0 Å². The molecule has 2 rings (SSSR count). The van der Waals surface area contributed by atoms with E-state index in [4.69, 9.17) is 15.7 Å². The predicted molar refractivity (Wildman–Crippen MR) is 63.7 cm³/mol. The van der Waals surface area contributed by atoms with E-state index in [0.29, 0.717) is 11.4 Å². The second-order valence-corrected chi connectivity index (χ2v) is 3.30. The molecule has 0 amide bonds.